The predicted molar refractivity (Wildman–Crippen MR) is 85.5 cm³/mol. The van der Waals surface area contributed by atoms with E-state index in [4.69, 9.17) is 5.11 Å². The van der Waals surface area contributed by atoms with Crippen LogP contribution in [-0.4, -0.2) is 49.5 Å². The van der Waals surface area contributed by atoms with Crippen molar-refractivity contribution in [2.45, 2.75) is 6.42 Å². The van der Waals surface area contributed by atoms with Crippen LogP contribution in [0, 0.1) is 0 Å². The van der Waals surface area contributed by atoms with Crippen molar-refractivity contribution in [3.8, 4) is 5.75 Å². The van der Waals surface area contributed by atoms with Gasteiger partial charge in [-0.25, -0.2) is 13.8 Å². The fourth-order valence-corrected chi connectivity index (χ4v) is 3.12. The van der Waals surface area contributed by atoms with Crippen LogP contribution in [0.1, 0.15) is 5.56 Å². The molecule has 0 spiro atoms. The van der Waals surface area contributed by atoms with Crippen molar-refractivity contribution in [2.75, 3.05) is 24.0 Å². The van der Waals surface area contributed by atoms with E-state index >= 15 is 0 Å². The Labute approximate surface area is 138 Å². The number of aromatic hydroxyl groups is 1. The summed E-state index contributed by atoms with van der Waals surface area (Å²) in [5, 5.41) is 32.9. The molecule has 132 valence electrons. The Morgan fingerprint density at radius 3 is 2.50 bits per heavy atom. The number of rotatable bonds is 6. The molecule has 1 aliphatic rings. The minimum atomic E-state index is -3.97. The molecule has 0 aliphatic carbocycles. The fraction of sp³-hybridized carbons (Fsp3) is 0.308. The molecule has 0 saturated heterocycles. The highest BCUT2D eigenvalue weighted by Gasteiger charge is 2.30. The van der Waals surface area contributed by atoms with Crippen LogP contribution < -0.4 is 19.7 Å². The number of phenolic OH excluding ortho intramolecular Hbond substituents is 1. The van der Waals surface area contributed by atoms with Crippen LogP contribution in [0.15, 0.2) is 30.3 Å². The first kappa shape index (κ1) is 17.7. The number of carbonyl (C=O) groups is 1. The minimum absolute atomic E-state index is 0.0102. The van der Waals surface area contributed by atoms with Gasteiger partial charge in [-0.3, -0.25) is 0 Å². The van der Waals surface area contributed by atoms with Gasteiger partial charge in [-0.1, -0.05) is 6.07 Å². The zero-order valence-corrected chi connectivity index (χ0v) is 13.4. The first-order valence-corrected chi connectivity index (χ1v) is 8.45. The van der Waals surface area contributed by atoms with E-state index in [-0.39, 0.29) is 24.6 Å². The number of benzene rings is 1. The van der Waals surface area contributed by atoms with Gasteiger partial charge in [0.2, 0.25) is 5.88 Å². The molecule has 0 radical (unpaired) electrons. The number of aliphatic hydroxyl groups excluding tert-OH is 2. The van der Waals surface area contributed by atoms with E-state index in [1.807, 2.05) is 4.72 Å². The summed E-state index contributed by atoms with van der Waals surface area (Å²) in [6, 6.07) is 3.95. The highest BCUT2D eigenvalue weighted by Crippen LogP contribution is 2.32. The normalized spacial score (nSPS) is 15.5. The lowest BCUT2D eigenvalue weighted by Crippen LogP contribution is -2.37. The van der Waals surface area contributed by atoms with E-state index in [1.54, 1.807) is 6.07 Å². The number of anilines is 1. The Kier molecular flexibility index (Phi) is 5.36. The molecule has 0 saturated carbocycles. The van der Waals surface area contributed by atoms with Gasteiger partial charge < -0.3 is 26.0 Å². The second-order valence-electron chi connectivity index (χ2n) is 4.90. The van der Waals surface area contributed by atoms with Crippen molar-refractivity contribution in [1.82, 2.24) is 15.4 Å². The number of aliphatic hydroxyl groups is 2. The molecule has 0 bridgehead atoms. The van der Waals surface area contributed by atoms with Gasteiger partial charge in [-0.15, -0.1) is 0 Å². The number of urea groups is 1. The standard InChI is InChI=1S/C13H18N4O6S/c18-6-5-15-13(21)14-4-3-9-1-2-10(11(19)7-9)17-8-12(20)16-24(17,22)23/h1-2,7-8,16,18-20H,3-6H2,(H2,14,15,21). The number of nitrogens with zero attached hydrogens (tertiary/aromatic N) is 1. The lowest BCUT2D eigenvalue weighted by molar-refractivity contribution is 0.234. The Hall–Kier alpha value is -2.66. The molecule has 11 heteroatoms. The number of amides is 2. The zero-order chi connectivity index (χ0) is 17.7. The van der Waals surface area contributed by atoms with Crippen molar-refractivity contribution in [2.24, 2.45) is 0 Å². The summed E-state index contributed by atoms with van der Waals surface area (Å²) < 4.78 is 26.1. The number of carbonyl (C=O) groups excluding carboxylic acids is 1. The fourth-order valence-electron chi connectivity index (χ4n) is 2.05. The number of nitrogens with one attached hydrogen (secondary N) is 3. The van der Waals surface area contributed by atoms with Crippen LogP contribution in [0.2, 0.25) is 0 Å². The first-order valence-electron chi connectivity index (χ1n) is 7.01. The molecule has 24 heavy (non-hydrogen) atoms. The number of hydrogen-bond donors (Lipinski definition) is 6. The van der Waals surface area contributed by atoms with E-state index in [1.165, 1.54) is 12.1 Å². The summed E-state index contributed by atoms with van der Waals surface area (Å²) in [4.78, 5) is 11.3. The Morgan fingerprint density at radius 1 is 1.21 bits per heavy atom. The Morgan fingerprint density at radius 2 is 1.92 bits per heavy atom. The molecule has 0 fully saturated rings. The lowest BCUT2D eigenvalue weighted by atomic mass is 10.1. The van der Waals surface area contributed by atoms with Gasteiger partial charge in [0.1, 0.15) is 11.4 Å². The maximum absolute atomic E-state index is 11.8. The zero-order valence-electron chi connectivity index (χ0n) is 12.6. The largest absolute Gasteiger partial charge is 0.506 e. The van der Waals surface area contributed by atoms with Gasteiger partial charge in [0.15, 0.2) is 0 Å². The molecule has 2 rings (SSSR count). The molecule has 1 aromatic rings. The predicted octanol–water partition coefficient (Wildman–Crippen LogP) is -0.762. The molecular formula is C13H18N4O6S. The second kappa shape index (κ2) is 7.27. The third kappa shape index (κ3) is 4.20. The molecule has 0 unspecified atom stereocenters. The third-order valence-corrected chi connectivity index (χ3v) is 4.39. The summed E-state index contributed by atoms with van der Waals surface area (Å²) in [5.41, 5.74) is 0.667. The van der Waals surface area contributed by atoms with Crippen molar-refractivity contribution in [1.29, 1.82) is 0 Å². The van der Waals surface area contributed by atoms with Gasteiger partial charge in [-0.05, 0) is 24.1 Å². The lowest BCUT2D eigenvalue weighted by Gasteiger charge is -2.16. The van der Waals surface area contributed by atoms with Gasteiger partial charge >= 0.3 is 16.2 Å². The summed E-state index contributed by atoms with van der Waals surface area (Å²) in [6.45, 7) is 0.293. The van der Waals surface area contributed by atoms with Gasteiger partial charge in [0.25, 0.3) is 0 Å². The molecule has 1 heterocycles. The minimum Gasteiger partial charge on any atom is -0.506 e. The van der Waals surface area contributed by atoms with Crippen molar-refractivity contribution in [3.05, 3.63) is 35.8 Å². The molecule has 2 amide bonds. The maximum atomic E-state index is 11.8. The van der Waals surface area contributed by atoms with Crippen LogP contribution in [0.4, 0.5) is 10.5 Å². The van der Waals surface area contributed by atoms with Crippen LogP contribution in [0.3, 0.4) is 0 Å². The Bertz CT molecular complexity index is 749. The van der Waals surface area contributed by atoms with E-state index in [0.717, 1.165) is 10.5 Å². The van der Waals surface area contributed by atoms with E-state index in [9.17, 15) is 23.4 Å². The third-order valence-electron chi connectivity index (χ3n) is 3.11. The van der Waals surface area contributed by atoms with Gasteiger partial charge in [0, 0.05) is 13.1 Å². The van der Waals surface area contributed by atoms with Gasteiger partial charge in [0.05, 0.1) is 12.8 Å². The highest BCUT2D eigenvalue weighted by molar-refractivity contribution is 7.91. The molecule has 1 aromatic carbocycles. The van der Waals surface area contributed by atoms with E-state index in [2.05, 4.69) is 10.6 Å². The highest BCUT2D eigenvalue weighted by atomic mass is 32.2. The molecule has 1 aliphatic heterocycles. The van der Waals surface area contributed by atoms with Crippen molar-refractivity contribution in [3.63, 3.8) is 0 Å². The van der Waals surface area contributed by atoms with Crippen LogP contribution in [-0.2, 0) is 16.6 Å². The first-order chi connectivity index (χ1) is 11.3. The monoisotopic (exact) mass is 358 g/mol. The summed E-state index contributed by atoms with van der Waals surface area (Å²) in [5.74, 6) is -0.829. The molecule has 10 nitrogen and oxygen atoms in total. The smallest absolute Gasteiger partial charge is 0.330 e. The average molecular weight is 358 g/mol. The summed E-state index contributed by atoms with van der Waals surface area (Å²) in [7, 11) is -3.97. The molecular weight excluding hydrogens is 340 g/mol. The van der Waals surface area contributed by atoms with Crippen molar-refractivity contribution >= 4 is 21.9 Å². The average Bonchev–Trinajstić information content (AvgIpc) is 2.78. The van der Waals surface area contributed by atoms with Crippen LogP contribution in [0.25, 0.3) is 0 Å². The van der Waals surface area contributed by atoms with Gasteiger partial charge in [-0.2, -0.15) is 8.42 Å². The topological polar surface area (TPSA) is 151 Å². The van der Waals surface area contributed by atoms with E-state index < -0.39 is 22.1 Å². The molecule has 0 atom stereocenters. The van der Waals surface area contributed by atoms with Crippen LogP contribution in [0.5, 0.6) is 5.75 Å². The molecule has 0 aromatic heterocycles. The summed E-state index contributed by atoms with van der Waals surface area (Å²) in [6.07, 6.45) is 1.35. The summed E-state index contributed by atoms with van der Waals surface area (Å²) >= 11 is 0. The van der Waals surface area contributed by atoms with Crippen molar-refractivity contribution < 1.29 is 28.5 Å². The van der Waals surface area contributed by atoms with E-state index in [0.29, 0.717) is 18.5 Å². The second-order valence-corrected chi connectivity index (χ2v) is 6.44. The Balaban J connectivity index is 1.99. The SMILES string of the molecule is O=C(NCCO)NCCc1ccc(N2C=C(O)NS2(=O)=O)c(O)c1. The quantitative estimate of drug-likeness (QED) is 0.393. The number of phenols is 1. The maximum Gasteiger partial charge on any atom is 0.330 e. The van der Waals surface area contributed by atoms with Crippen LogP contribution >= 0.6 is 0 Å². The molecule has 6 N–H and O–H groups in total. The number of hydrogen-bond acceptors (Lipinski definition) is 6.